The zero-order valence-electron chi connectivity index (χ0n) is 12.2. The molecule has 0 saturated carbocycles. The van der Waals surface area contributed by atoms with E-state index in [2.05, 4.69) is 6.58 Å². The molecule has 0 N–H and O–H groups in total. The minimum atomic E-state index is -1.11. The average molecular weight is 320 g/mol. The summed E-state index contributed by atoms with van der Waals surface area (Å²) in [6.07, 6.45) is 1.28. The number of hydrogen-bond acceptors (Lipinski definition) is 5. The van der Waals surface area contributed by atoms with E-state index < -0.39 is 36.0 Å². The van der Waals surface area contributed by atoms with E-state index in [0.29, 0.717) is 9.80 Å². The second kappa shape index (κ2) is 6.39. The van der Waals surface area contributed by atoms with E-state index in [1.54, 1.807) is 0 Å². The lowest BCUT2D eigenvalue weighted by atomic mass is 10.1. The van der Waals surface area contributed by atoms with Gasteiger partial charge in [-0.15, -0.1) is 6.58 Å². The molecule has 0 aliphatic carbocycles. The SMILES string of the molecule is C=CCN1C(=O)C(=O)N(CC(=O)c2cc(F)ccc2OC)C1=O. The van der Waals surface area contributed by atoms with E-state index in [4.69, 9.17) is 4.74 Å². The Morgan fingerprint density at radius 1 is 1.26 bits per heavy atom. The Kier molecular flexibility index (Phi) is 4.54. The fraction of sp³-hybridized carbons (Fsp3) is 0.200. The van der Waals surface area contributed by atoms with Crippen molar-refractivity contribution in [2.24, 2.45) is 0 Å². The molecule has 120 valence electrons. The predicted molar refractivity (Wildman–Crippen MR) is 76.3 cm³/mol. The molecule has 1 fully saturated rings. The van der Waals surface area contributed by atoms with Crippen molar-refractivity contribution in [3.05, 3.63) is 42.2 Å². The van der Waals surface area contributed by atoms with Crippen LogP contribution in [-0.4, -0.2) is 53.6 Å². The lowest BCUT2D eigenvalue weighted by molar-refractivity contribution is -0.142. The molecular formula is C15H13FN2O5. The Hall–Kier alpha value is -3.03. The van der Waals surface area contributed by atoms with Crippen LogP contribution in [0.4, 0.5) is 9.18 Å². The number of ether oxygens (including phenoxy) is 1. The number of urea groups is 1. The van der Waals surface area contributed by atoms with Crippen molar-refractivity contribution in [1.82, 2.24) is 9.80 Å². The van der Waals surface area contributed by atoms with Gasteiger partial charge in [-0.25, -0.2) is 14.1 Å². The number of amides is 4. The standard InChI is InChI=1S/C15H13FN2O5/c1-3-6-17-13(20)14(21)18(15(17)22)8-11(19)10-7-9(16)4-5-12(10)23-2/h3-5,7H,1,6,8H2,2H3. The number of hydrogen-bond donors (Lipinski definition) is 0. The third kappa shape index (κ3) is 2.96. The minimum absolute atomic E-state index is 0.102. The molecule has 4 amide bonds. The van der Waals surface area contributed by atoms with E-state index >= 15 is 0 Å². The monoisotopic (exact) mass is 320 g/mol. The number of methoxy groups -OCH3 is 1. The Morgan fingerprint density at radius 3 is 2.52 bits per heavy atom. The molecule has 1 aliphatic rings. The van der Waals surface area contributed by atoms with Gasteiger partial charge in [-0.05, 0) is 18.2 Å². The quantitative estimate of drug-likeness (QED) is 0.338. The maximum Gasteiger partial charge on any atom is 0.334 e. The van der Waals surface area contributed by atoms with Gasteiger partial charge in [0.25, 0.3) is 0 Å². The fourth-order valence-electron chi connectivity index (χ4n) is 2.11. The molecule has 1 aromatic rings. The van der Waals surface area contributed by atoms with Crippen LogP contribution < -0.4 is 4.74 Å². The summed E-state index contributed by atoms with van der Waals surface area (Å²) >= 11 is 0. The van der Waals surface area contributed by atoms with Crippen molar-refractivity contribution in [3.8, 4) is 5.75 Å². The topological polar surface area (TPSA) is 84.0 Å². The molecule has 0 unspecified atom stereocenters. The molecule has 0 spiro atoms. The maximum absolute atomic E-state index is 13.3. The third-order valence-electron chi connectivity index (χ3n) is 3.21. The van der Waals surface area contributed by atoms with Gasteiger partial charge in [0.1, 0.15) is 11.6 Å². The number of carbonyl (C=O) groups excluding carboxylic acids is 4. The fourth-order valence-corrected chi connectivity index (χ4v) is 2.11. The number of benzene rings is 1. The van der Waals surface area contributed by atoms with E-state index in [9.17, 15) is 23.6 Å². The summed E-state index contributed by atoms with van der Waals surface area (Å²) in [6.45, 7) is 2.56. The molecule has 0 aromatic heterocycles. The van der Waals surface area contributed by atoms with E-state index in [1.165, 1.54) is 19.3 Å². The van der Waals surface area contributed by atoms with Gasteiger partial charge >= 0.3 is 17.8 Å². The summed E-state index contributed by atoms with van der Waals surface area (Å²) in [4.78, 5) is 48.9. The second-order valence-electron chi connectivity index (χ2n) is 4.65. The number of carbonyl (C=O) groups is 4. The lowest BCUT2D eigenvalue weighted by Gasteiger charge is -2.14. The van der Waals surface area contributed by atoms with Crippen LogP contribution in [0, 0.1) is 5.82 Å². The first kappa shape index (κ1) is 16.3. The molecule has 2 rings (SSSR count). The summed E-state index contributed by atoms with van der Waals surface area (Å²) in [6, 6.07) is 2.39. The van der Waals surface area contributed by atoms with Crippen molar-refractivity contribution >= 4 is 23.6 Å². The first-order valence-electron chi connectivity index (χ1n) is 6.55. The molecular weight excluding hydrogens is 307 g/mol. The first-order valence-corrected chi connectivity index (χ1v) is 6.55. The molecule has 1 aromatic carbocycles. The Balaban J connectivity index is 2.25. The average Bonchev–Trinajstić information content (AvgIpc) is 2.73. The molecule has 1 heterocycles. The van der Waals surface area contributed by atoms with E-state index in [0.717, 1.165) is 12.1 Å². The van der Waals surface area contributed by atoms with Gasteiger partial charge in [-0.3, -0.25) is 19.3 Å². The van der Waals surface area contributed by atoms with Gasteiger partial charge in [0.2, 0.25) is 0 Å². The number of imide groups is 2. The van der Waals surface area contributed by atoms with Gasteiger partial charge in [-0.1, -0.05) is 6.08 Å². The van der Waals surface area contributed by atoms with Crippen LogP contribution in [0.3, 0.4) is 0 Å². The smallest absolute Gasteiger partial charge is 0.334 e. The number of halogens is 1. The summed E-state index contributed by atoms with van der Waals surface area (Å²) < 4.78 is 18.3. The molecule has 0 atom stereocenters. The van der Waals surface area contributed by atoms with E-state index in [1.807, 2.05) is 0 Å². The molecule has 0 bridgehead atoms. The highest BCUT2D eigenvalue weighted by Crippen LogP contribution is 2.21. The normalized spacial score (nSPS) is 14.4. The maximum atomic E-state index is 13.3. The van der Waals surface area contributed by atoms with Gasteiger partial charge in [0.15, 0.2) is 5.78 Å². The van der Waals surface area contributed by atoms with Crippen LogP contribution in [0.1, 0.15) is 10.4 Å². The highest BCUT2D eigenvalue weighted by molar-refractivity contribution is 6.45. The zero-order chi connectivity index (χ0) is 17.1. The molecule has 1 saturated heterocycles. The second-order valence-corrected chi connectivity index (χ2v) is 4.65. The van der Waals surface area contributed by atoms with Crippen molar-refractivity contribution in [2.45, 2.75) is 0 Å². The summed E-state index contributed by atoms with van der Waals surface area (Å²) in [5.74, 6) is -3.44. The Morgan fingerprint density at radius 2 is 1.91 bits per heavy atom. The van der Waals surface area contributed by atoms with Gasteiger partial charge < -0.3 is 4.74 Å². The third-order valence-corrected chi connectivity index (χ3v) is 3.21. The summed E-state index contributed by atoms with van der Waals surface area (Å²) in [7, 11) is 1.30. The van der Waals surface area contributed by atoms with Crippen molar-refractivity contribution in [1.29, 1.82) is 0 Å². The number of rotatable bonds is 6. The van der Waals surface area contributed by atoms with Gasteiger partial charge in [0, 0.05) is 6.54 Å². The van der Waals surface area contributed by atoms with Gasteiger partial charge in [-0.2, -0.15) is 0 Å². The Labute approximate surface area is 130 Å². The van der Waals surface area contributed by atoms with E-state index in [-0.39, 0.29) is 17.9 Å². The summed E-state index contributed by atoms with van der Waals surface area (Å²) in [5, 5.41) is 0. The number of nitrogens with zero attached hydrogens (tertiary/aromatic N) is 2. The van der Waals surface area contributed by atoms with Crippen molar-refractivity contribution in [2.75, 3.05) is 20.2 Å². The highest BCUT2D eigenvalue weighted by atomic mass is 19.1. The summed E-state index contributed by atoms with van der Waals surface area (Å²) in [5.41, 5.74) is -0.122. The number of Topliss-reactive ketones (excluding diaryl/α,β-unsaturated/α-hetero) is 1. The minimum Gasteiger partial charge on any atom is -0.496 e. The molecule has 7 nitrogen and oxygen atoms in total. The van der Waals surface area contributed by atoms with Crippen LogP contribution in [-0.2, 0) is 9.59 Å². The molecule has 1 aliphatic heterocycles. The van der Waals surface area contributed by atoms with Crippen LogP contribution in [0.25, 0.3) is 0 Å². The van der Waals surface area contributed by atoms with Crippen molar-refractivity contribution < 1.29 is 28.3 Å². The molecule has 0 radical (unpaired) electrons. The van der Waals surface area contributed by atoms with Crippen LogP contribution in [0.5, 0.6) is 5.75 Å². The largest absolute Gasteiger partial charge is 0.496 e. The lowest BCUT2D eigenvalue weighted by Crippen LogP contribution is -2.37. The van der Waals surface area contributed by atoms with Gasteiger partial charge in [0.05, 0.1) is 19.2 Å². The molecule has 23 heavy (non-hydrogen) atoms. The predicted octanol–water partition coefficient (Wildman–Crippen LogP) is 0.994. The van der Waals surface area contributed by atoms with Crippen molar-refractivity contribution in [3.63, 3.8) is 0 Å². The van der Waals surface area contributed by atoms with Crippen LogP contribution in [0.15, 0.2) is 30.9 Å². The first-order chi connectivity index (χ1) is 10.9. The number of ketones is 1. The zero-order valence-corrected chi connectivity index (χ0v) is 12.2. The highest BCUT2D eigenvalue weighted by Gasteiger charge is 2.44. The molecule has 8 heteroatoms. The Bertz CT molecular complexity index is 716. The van der Waals surface area contributed by atoms with Crippen LogP contribution >= 0.6 is 0 Å². The van der Waals surface area contributed by atoms with Crippen LogP contribution in [0.2, 0.25) is 0 Å².